The zero-order chi connectivity index (χ0) is 15.2. The molecule has 1 aromatic heterocycles. The van der Waals surface area contributed by atoms with Crippen LogP contribution in [0.4, 0.5) is 5.69 Å². The van der Waals surface area contributed by atoms with E-state index in [1.807, 2.05) is 49.4 Å². The Morgan fingerprint density at radius 1 is 1.14 bits per heavy atom. The molecule has 2 N–H and O–H groups in total. The normalized spacial score (nSPS) is 12.2. The maximum atomic E-state index is 12.1. The van der Waals surface area contributed by atoms with E-state index in [9.17, 15) is 4.79 Å². The van der Waals surface area contributed by atoms with Gasteiger partial charge in [-0.25, -0.2) is 0 Å². The van der Waals surface area contributed by atoms with Crippen molar-refractivity contribution in [2.45, 2.75) is 26.8 Å². The van der Waals surface area contributed by atoms with Crippen molar-refractivity contribution in [3.63, 3.8) is 0 Å². The maximum Gasteiger partial charge on any atom is 0.261 e. The highest BCUT2D eigenvalue weighted by Gasteiger charge is 2.15. The predicted octanol–water partition coefficient (Wildman–Crippen LogP) is 3.92. The molecule has 4 heteroatoms. The zero-order valence-corrected chi connectivity index (χ0v) is 13.5. The third-order valence-electron chi connectivity index (χ3n) is 3.38. The third-order valence-corrected chi connectivity index (χ3v) is 4.38. The van der Waals surface area contributed by atoms with Crippen LogP contribution >= 0.6 is 11.3 Å². The van der Waals surface area contributed by atoms with Gasteiger partial charge in [0.2, 0.25) is 0 Å². The molecule has 21 heavy (non-hydrogen) atoms. The molecular weight excluding hydrogens is 280 g/mol. The van der Waals surface area contributed by atoms with Crippen LogP contribution < -0.4 is 10.6 Å². The molecular formula is C17H22N2OS. The number of benzene rings is 1. The van der Waals surface area contributed by atoms with E-state index in [0.717, 1.165) is 15.4 Å². The molecule has 112 valence electrons. The SMILES string of the molecule is Cc1ccc(C(=O)NCC(Nc2ccccc2)C(C)C)s1. The number of para-hydroxylation sites is 1. The fourth-order valence-corrected chi connectivity index (χ4v) is 2.83. The van der Waals surface area contributed by atoms with Gasteiger partial charge in [0.15, 0.2) is 0 Å². The Hall–Kier alpha value is -1.81. The van der Waals surface area contributed by atoms with Crippen LogP contribution in [0.1, 0.15) is 28.4 Å². The Morgan fingerprint density at radius 2 is 1.86 bits per heavy atom. The van der Waals surface area contributed by atoms with Gasteiger partial charge in [0, 0.05) is 23.2 Å². The second-order valence-electron chi connectivity index (χ2n) is 5.48. The molecule has 1 aromatic carbocycles. The van der Waals surface area contributed by atoms with Crippen LogP contribution in [0, 0.1) is 12.8 Å². The Balaban J connectivity index is 1.93. The van der Waals surface area contributed by atoms with Gasteiger partial charge in [0.25, 0.3) is 5.91 Å². The summed E-state index contributed by atoms with van der Waals surface area (Å²) in [5, 5.41) is 6.50. The molecule has 0 aliphatic rings. The summed E-state index contributed by atoms with van der Waals surface area (Å²) in [6, 6.07) is 14.2. The lowest BCUT2D eigenvalue weighted by molar-refractivity contribution is 0.0954. The van der Waals surface area contributed by atoms with E-state index >= 15 is 0 Å². The summed E-state index contributed by atoms with van der Waals surface area (Å²) in [5.41, 5.74) is 1.08. The van der Waals surface area contributed by atoms with Gasteiger partial charge in [-0.15, -0.1) is 11.3 Å². The van der Waals surface area contributed by atoms with Crippen LogP contribution in [0.3, 0.4) is 0 Å². The van der Waals surface area contributed by atoms with Gasteiger partial charge in [0.1, 0.15) is 0 Å². The fraction of sp³-hybridized carbons (Fsp3) is 0.353. The molecule has 2 rings (SSSR count). The van der Waals surface area contributed by atoms with E-state index in [0.29, 0.717) is 12.5 Å². The zero-order valence-electron chi connectivity index (χ0n) is 12.7. The van der Waals surface area contributed by atoms with E-state index in [4.69, 9.17) is 0 Å². The number of carbonyl (C=O) groups excluding carboxylic acids is 1. The Bertz CT molecular complexity index is 577. The number of hydrogen-bond donors (Lipinski definition) is 2. The molecule has 0 radical (unpaired) electrons. The topological polar surface area (TPSA) is 41.1 Å². The fourth-order valence-electron chi connectivity index (χ4n) is 2.05. The van der Waals surface area contributed by atoms with Gasteiger partial charge in [-0.1, -0.05) is 32.0 Å². The number of thiophene rings is 1. The molecule has 0 saturated carbocycles. The molecule has 1 amide bonds. The van der Waals surface area contributed by atoms with Crippen molar-refractivity contribution in [1.82, 2.24) is 5.32 Å². The van der Waals surface area contributed by atoms with Crippen molar-refractivity contribution in [1.29, 1.82) is 0 Å². The standard InChI is InChI=1S/C17H22N2OS/c1-12(2)15(19-14-7-5-4-6-8-14)11-18-17(20)16-10-9-13(3)21-16/h4-10,12,15,19H,11H2,1-3H3,(H,18,20). The number of anilines is 1. The number of carbonyl (C=O) groups is 1. The second kappa shape index (κ2) is 7.27. The minimum Gasteiger partial charge on any atom is -0.380 e. The van der Waals surface area contributed by atoms with Gasteiger partial charge in [-0.05, 0) is 37.1 Å². The highest BCUT2D eigenvalue weighted by molar-refractivity contribution is 7.13. The monoisotopic (exact) mass is 302 g/mol. The molecule has 0 spiro atoms. The Labute approximate surface area is 130 Å². The number of nitrogens with one attached hydrogen (secondary N) is 2. The molecule has 0 aliphatic carbocycles. The van der Waals surface area contributed by atoms with E-state index in [-0.39, 0.29) is 11.9 Å². The quantitative estimate of drug-likeness (QED) is 0.849. The highest BCUT2D eigenvalue weighted by atomic mass is 32.1. The van der Waals surface area contributed by atoms with E-state index < -0.39 is 0 Å². The second-order valence-corrected chi connectivity index (χ2v) is 6.77. The number of amides is 1. The molecule has 1 unspecified atom stereocenters. The predicted molar refractivity (Wildman–Crippen MR) is 90.1 cm³/mol. The van der Waals surface area contributed by atoms with E-state index in [2.05, 4.69) is 24.5 Å². The molecule has 0 aliphatic heterocycles. The van der Waals surface area contributed by atoms with Crippen molar-refractivity contribution in [3.8, 4) is 0 Å². The minimum atomic E-state index is 0.00797. The van der Waals surface area contributed by atoms with Gasteiger partial charge in [-0.2, -0.15) is 0 Å². The van der Waals surface area contributed by atoms with Crippen molar-refractivity contribution < 1.29 is 4.79 Å². The number of aryl methyl sites for hydroxylation is 1. The van der Waals surface area contributed by atoms with Crippen LogP contribution in [0.25, 0.3) is 0 Å². The maximum absolute atomic E-state index is 12.1. The first-order valence-electron chi connectivity index (χ1n) is 7.22. The number of hydrogen-bond acceptors (Lipinski definition) is 3. The van der Waals surface area contributed by atoms with Crippen LogP contribution in [0.2, 0.25) is 0 Å². The average molecular weight is 302 g/mol. The van der Waals surface area contributed by atoms with Crippen LogP contribution in [-0.2, 0) is 0 Å². The lowest BCUT2D eigenvalue weighted by Gasteiger charge is -2.23. The van der Waals surface area contributed by atoms with E-state index in [1.54, 1.807) is 0 Å². The van der Waals surface area contributed by atoms with Gasteiger partial charge in [0.05, 0.1) is 4.88 Å². The third kappa shape index (κ3) is 4.60. The molecule has 1 heterocycles. The first-order chi connectivity index (χ1) is 10.1. The molecule has 2 aromatic rings. The van der Waals surface area contributed by atoms with Gasteiger partial charge in [-0.3, -0.25) is 4.79 Å². The van der Waals surface area contributed by atoms with Gasteiger partial charge >= 0.3 is 0 Å². The first-order valence-corrected chi connectivity index (χ1v) is 8.04. The highest BCUT2D eigenvalue weighted by Crippen LogP contribution is 2.15. The first kappa shape index (κ1) is 15.6. The summed E-state index contributed by atoms with van der Waals surface area (Å²) in [5.74, 6) is 0.434. The molecule has 3 nitrogen and oxygen atoms in total. The van der Waals surface area contributed by atoms with E-state index in [1.165, 1.54) is 11.3 Å². The number of rotatable bonds is 6. The van der Waals surface area contributed by atoms with Crippen LogP contribution in [0.15, 0.2) is 42.5 Å². The van der Waals surface area contributed by atoms with Crippen molar-refractivity contribution in [2.24, 2.45) is 5.92 Å². The average Bonchev–Trinajstić information content (AvgIpc) is 2.90. The summed E-state index contributed by atoms with van der Waals surface area (Å²) < 4.78 is 0. The molecule has 0 saturated heterocycles. The van der Waals surface area contributed by atoms with Crippen molar-refractivity contribution in [3.05, 3.63) is 52.2 Å². The smallest absolute Gasteiger partial charge is 0.261 e. The molecule has 0 bridgehead atoms. The summed E-state index contributed by atoms with van der Waals surface area (Å²) in [6.07, 6.45) is 0. The minimum absolute atomic E-state index is 0.00797. The lowest BCUT2D eigenvalue weighted by atomic mass is 10.0. The van der Waals surface area contributed by atoms with Crippen LogP contribution in [0.5, 0.6) is 0 Å². The molecule has 1 atom stereocenters. The lowest BCUT2D eigenvalue weighted by Crippen LogP contribution is -2.39. The molecule has 0 fully saturated rings. The Kier molecular flexibility index (Phi) is 5.39. The summed E-state index contributed by atoms with van der Waals surface area (Å²) >= 11 is 1.53. The van der Waals surface area contributed by atoms with Crippen molar-refractivity contribution in [2.75, 3.05) is 11.9 Å². The van der Waals surface area contributed by atoms with Crippen LogP contribution in [-0.4, -0.2) is 18.5 Å². The largest absolute Gasteiger partial charge is 0.380 e. The summed E-state index contributed by atoms with van der Waals surface area (Å²) in [4.78, 5) is 14.0. The Morgan fingerprint density at radius 3 is 2.43 bits per heavy atom. The summed E-state index contributed by atoms with van der Waals surface area (Å²) in [7, 11) is 0. The summed E-state index contributed by atoms with van der Waals surface area (Å²) in [6.45, 7) is 6.93. The van der Waals surface area contributed by atoms with Crippen molar-refractivity contribution >= 4 is 22.9 Å². The van der Waals surface area contributed by atoms with Gasteiger partial charge < -0.3 is 10.6 Å².